The van der Waals surface area contributed by atoms with E-state index < -0.39 is 10.0 Å². The summed E-state index contributed by atoms with van der Waals surface area (Å²) in [5.74, 6) is 1.53. The first-order valence-electron chi connectivity index (χ1n) is 16.2. The quantitative estimate of drug-likeness (QED) is 0.202. The maximum absolute atomic E-state index is 13.2. The van der Waals surface area contributed by atoms with E-state index in [2.05, 4.69) is 20.1 Å². The van der Waals surface area contributed by atoms with Crippen molar-refractivity contribution >= 4 is 21.4 Å². The molecule has 0 spiro atoms. The number of rotatable bonds is 13. The van der Waals surface area contributed by atoms with Crippen molar-refractivity contribution in [1.82, 2.24) is 24.8 Å². The SMILES string of the molecule is CCN(CC1CCc2cc(NS(=O)(=O)c3ccc(-n4nnn(CCCCC5CCCC5)c4=O)cc3)ccc2O1)c1ccc[nH]c1=O. The number of nitrogens with zero attached hydrogens (tertiary/aromatic N) is 5. The molecule has 2 aliphatic rings. The molecule has 244 valence electrons. The van der Waals surface area contributed by atoms with E-state index in [0.717, 1.165) is 30.7 Å². The number of H-pyrrole nitrogens is 1. The number of aryl methyl sites for hydroxylation is 2. The first kappa shape index (κ1) is 31.6. The summed E-state index contributed by atoms with van der Waals surface area (Å²) in [7, 11) is -3.89. The lowest BCUT2D eigenvalue weighted by Gasteiger charge is -2.31. The van der Waals surface area contributed by atoms with E-state index in [9.17, 15) is 18.0 Å². The molecule has 1 saturated carbocycles. The summed E-state index contributed by atoms with van der Waals surface area (Å²) in [6.45, 7) is 3.74. The number of unbranched alkanes of at least 4 members (excludes halogenated alkanes) is 1. The van der Waals surface area contributed by atoms with E-state index in [4.69, 9.17) is 4.74 Å². The number of ether oxygens (including phenoxy) is 1. The van der Waals surface area contributed by atoms with Crippen LogP contribution in [0.4, 0.5) is 11.4 Å². The summed E-state index contributed by atoms with van der Waals surface area (Å²) >= 11 is 0. The number of sulfonamides is 1. The van der Waals surface area contributed by atoms with E-state index in [1.54, 1.807) is 48.7 Å². The van der Waals surface area contributed by atoms with Crippen molar-refractivity contribution < 1.29 is 13.2 Å². The van der Waals surface area contributed by atoms with Gasteiger partial charge in [-0.2, -0.15) is 9.36 Å². The van der Waals surface area contributed by atoms with Crippen LogP contribution in [0, 0.1) is 5.92 Å². The van der Waals surface area contributed by atoms with Crippen LogP contribution < -0.4 is 25.6 Å². The number of aromatic amines is 1. The fraction of sp³-hybridized carbons (Fsp3) is 0.455. The van der Waals surface area contributed by atoms with E-state index >= 15 is 0 Å². The molecule has 1 aliphatic carbocycles. The van der Waals surface area contributed by atoms with Crippen molar-refractivity contribution in [1.29, 1.82) is 0 Å². The highest BCUT2D eigenvalue weighted by atomic mass is 32.2. The largest absolute Gasteiger partial charge is 0.488 e. The lowest BCUT2D eigenvalue weighted by Crippen LogP contribution is -2.39. The summed E-state index contributed by atoms with van der Waals surface area (Å²) in [5, 5.41) is 8.03. The van der Waals surface area contributed by atoms with Crippen LogP contribution in [-0.4, -0.2) is 52.4 Å². The van der Waals surface area contributed by atoms with E-state index in [0.29, 0.717) is 48.9 Å². The molecule has 46 heavy (non-hydrogen) atoms. The highest BCUT2D eigenvalue weighted by Gasteiger charge is 2.24. The second kappa shape index (κ2) is 13.9. The first-order valence-corrected chi connectivity index (χ1v) is 17.7. The number of hydrogen-bond acceptors (Lipinski definition) is 8. The number of fused-ring (bicyclic) bond motifs is 1. The number of likely N-dealkylation sites (N-methyl/N-ethyl adjacent to an activating group) is 1. The molecule has 1 unspecified atom stereocenters. The normalized spacial score (nSPS) is 16.6. The van der Waals surface area contributed by atoms with Gasteiger partial charge in [0.15, 0.2) is 0 Å². The smallest absolute Gasteiger partial charge is 0.368 e. The molecule has 0 bridgehead atoms. The van der Waals surface area contributed by atoms with Crippen molar-refractivity contribution in [2.75, 3.05) is 22.7 Å². The van der Waals surface area contributed by atoms with Gasteiger partial charge in [0.25, 0.3) is 15.6 Å². The van der Waals surface area contributed by atoms with Gasteiger partial charge < -0.3 is 14.6 Å². The van der Waals surface area contributed by atoms with Crippen molar-refractivity contribution in [2.45, 2.75) is 82.3 Å². The second-order valence-corrected chi connectivity index (χ2v) is 13.8. The number of pyridine rings is 1. The van der Waals surface area contributed by atoms with Crippen LogP contribution in [0.3, 0.4) is 0 Å². The number of tetrazole rings is 1. The molecule has 1 atom stereocenters. The first-order chi connectivity index (χ1) is 22.3. The Morgan fingerprint density at radius 3 is 2.59 bits per heavy atom. The zero-order chi connectivity index (χ0) is 32.1. The molecule has 4 aromatic rings. The Bertz CT molecular complexity index is 1860. The molecule has 0 radical (unpaired) electrons. The minimum atomic E-state index is -3.89. The molecular formula is C33H41N7O5S. The van der Waals surface area contributed by atoms with E-state index in [1.807, 2.05) is 11.8 Å². The van der Waals surface area contributed by atoms with Crippen LogP contribution in [-0.2, 0) is 23.0 Å². The predicted molar refractivity (Wildman–Crippen MR) is 176 cm³/mol. The van der Waals surface area contributed by atoms with E-state index in [-0.39, 0.29) is 22.2 Å². The minimum Gasteiger partial charge on any atom is -0.488 e. The standard InChI is InChI=1S/C33H41N7O5S/c1-2-38(30-11-7-20-34-32(30)41)23-28-16-12-25-22-26(13-19-31(25)45-28)35-46(43,44)29-17-14-27(15-18-29)40-33(42)39(36-37-40)21-6-5-10-24-8-3-4-9-24/h7,11,13-15,17-20,22,24,28,35H,2-6,8-10,12,16,21,23H2,1H3,(H,34,41). The number of anilines is 2. The summed E-state index contributed by atoms with van der Waals surface area (Å²) in [6, 6.07) is 14.9. The fourth-order valence-corrected chi connectivity index (χ4v) is 7.54. The topological polar surface area (TPSA) is 144 Å². The lowest BCUT2D eigenvalue weighted by atomic mass is 10.0. The Labute approximate surface area is 268 Å². The van der Waals surface area contributed by atoms with Crippen LogP contribution >= 0.6 is 0 Å². The molecular weight excluding hydrogens is 606 g/mol. The third kappa shape index (κ3) is 7.19. The van der Waals surface area contributed by atoms with Gasteiger partial charge in [-0.05, 0) is 103 Å². The van der Waals surface area contributed by atoms with Crippen LogP contribution in [0.5, 0.6) is 5.75 Å². The Balaban J connectivity index is 1.05. The van der Waals surface area contributed by atoms with Gasteiger partial charge in [-0.15, -0.1) is 0 Å². The molecule has 0 amide bonds. The fourth-order valence-electron chi connectivity index (χ4n) is 6.49. The molecule has 6 rings (SSSR count). The third-order valence-corrected chi connectivity index (χ3v) is 10.4. The zero-order valence-electron chi connectivity index (χ0n) is 26.1. The molecule has 2 aromatic carbocycles. The molecule has 2 N–H and O–H groups in total. The number of nitrogens with one attached hydrogen (secondary N) is 2. The Kier molecular flexibility index (Phi) is 9.57. The van der Waals surface area contributed by atoms with Crippen LogP contribution in [0.25, 0.3) is 5.69 Å². The van der Waals surface area contributed by atoms with Crippen molar-refractivity contribution in [3.8, 4) is 11.4 Å². The Morgan fingerprint density at radius 1 is 1.02 bits per heavy atom. The summed E-state index contributed by atoms with van der Waals surface area (Å²) in [4.78, 5) is 29.9. The van der Waals surface area contributed by atoms with Gasteiger partial charge in [0.2, 0.25) is 0 Å². The van der Waals surface area contributed by atoms with Crippen molar-refractivity contribution in [3.05, 3.63) is 87.2 Å². The highest BCUT2D eigenvalue weighted by molar-refractivity contribution is 7.92. The van der Waals surface area contributed by atoms with Gasteiger partial charge in [0.1, 0.15) is 17.5 Å². The van der Waals surface area contributed by atoms with Crippen LogP contribution in [0.2, 0.25) is 0 Å². The maximum Gasteiger partial charge on any atom is 0.368 e. The molecule has 13 heteroatoms. The average molecular weight is 648 g/mol. The van der Waals surface area contributed by atoms with Gasteiger partial charge in [-0.3, -0.25) is 9.52 Å². The van der Waals surface area contributed by atoms with Gasteiger partial charge in [-0.1, -0.05) is 38.5 Å². The van der Waals surface area contributed by atoms with Crippen LogP contribution in [0.1, 0.15) is 63.9 Å². The highest BCUT2D eigenvalue weighted by Crippen LogP contribution is 2.32. The Morgan fingerprint density at radius 2 is 1.83 bits per heavy atom. The van der Waals surface area contributed by atoms with Gasteiger partial charge >= 0.3 is 5.69 Å². The number of benzene rings is 2. The van der Waals surface area contributed by atoms with Crippen LogP contribution in [0.15, 0.2) is 75.3 Å². The van der Waals surface area contributed by atoms with Gasteiger partial charge in [0.05, 0.1) is 17.1 Å². The van der Waals surface area contributed by atoms with Crippen molar-refractivity contribution in [2.24, 2.45) is 5.92 Å². The third-order valence-electron chi connectivity index (χ3n) is 9.02. The maximum atomic E-state index is 13.2. The molecule has 1 fully saturated rings. The molecule has 2 aromatic heterocycles. The summed E-state index contributed by atoms with van der Waals surface area (Å²) < 4.78 is 37.9. The molecule has 12 nitrogen and oxygen atoms in total. The van der Waals surface area contributed by atoms with E-state index in [1.165, 1.54) is 53.6 Å². The van der Waals surface area contributed by atoms with Gasteiger partial charge in [-0.25, -0.2) is 13.2 Å². The number of hydrogen-bond donors (Lipinski definition) is 2. The minimum absolute atomic E-state index is 0.0631. The predicted octanol–water partition coefficient (Wildman–Crippen LogP) is 4.50. The van der Waals surface area contributed by atoms with Crippen molar-refractivity contribution in [3.63, 3.8) is 0 Å². The molecule has 1 aliphatic heterocycles. The molecule has 3 heterocycles. The Hall–Kier alpha value is -4.39. The monoisotopic (exact) mass is 647 g/mol. The average Bonchev–Trinajstić information content (AvgIpc) is 3.72. The zero-order valence-corrected chi connectivity index (χ0v) is 26.9. The molecule has 0 saturated heterocycles. The lowest BCUT2D eigenvalue weighted by molar-refractivity contribution is 0.178. The summed E-state index contributed by atoms with van der Waals surface area (Å²) in [6.07, 6.45) is 11.4. The summed E-state index contributed by atoms with van der Waals surface area (Å²) in [5.41, 5.74) is 1.92. The van der Waals surface area contributed by atoms with Gasteiger partial charge in [0, 0.05) is 25.0 Å². The second-order valence-electron chi connectivity index (χ2n) is 12.2. The number of aromatic nitrogens is 5.